The molecule has 6 heteroatoms. The number of aliphatic hydroxyl groups is 1. The van der Waals surface area contributed by atoms with Crippen molar-refractivity contribution in [2.45, 2.75) is 45.8 Å². The second-order valence-electron chi connectivity index (χ2n) is 5.91. The summed E-state index contributed by atoms with van der Waals surface area (Å²) in [5.41, 5.74) is 3.93. The van der Waals surface area contributed by atoms with Crippen molar-refractivity contribution in [1.82, 2.24) is 5.32 Å². The molecule has 1 amide bonds. The van der Waals surface area contributed by atoms with Crippen LogP contribution < -0.4 is 11.1 Å². The van der Waals surface area contributed by atoms with Gasteiger partial charge in [0.1, 0.15) is 11.5 Å². The van der Waals surface area contributed by atoms with Crippen LogP contribution in [0.15, 0.2) is 0 Å². The number of carbonyl (C=O) groups excluding carboxylic acids is 2. The second kappa shape index (κ2) is 6.15. The summed E-state index contributed by atoms with van der Waals surface area (Å²) >= 11 is 0. The average molecular weight is 260 g/mol. The third kappa shape index (κ3) is 6.56. The molecule has 1 atom stereocenters. The van der Waals surface area contributed by atoms with Gasteiger partial charge in [0.15, 0.2) is 0 Å². The second-order valence-corrected chi connectivity index (χ2v) is 5.91. The van der Waals surface area contributed by atoms with Crippen molar-refractivity contribution in [2.75, 3.05) is 13.2 Å². The highest BCUT2D eigenvalue weighted by Gasteiger charge is 2.31. The summed E-state index contributed by atoms with van der Waals surface area (Å²) in [5, 5.41) is 12.0. The van der Waals surface area contributed by atoms with Gasteiger partial charge in [-0.15, -0.1) is 0 Å². The van der Waals surface area contributed by atoms with Crippen LogP contribution in [0.5, 0.6) is 0 Å². The van der Waals surface area contributed by atoms with Gasteiger partial charge >= 0.3 is 5.97 Å². The van der Waals surface area contributed by atoms with Crippen molar-refractivity contribution in [3.8, 4) is 0 Å². The molecule has 0 aromatic carbocycles. The van der Waals surface area contributed by atoms with Gasteiger partial charge in [-0.1, -0.05) is 0 Å². The fourth-order valence-electron chi connectivity index (χ4n) is 1.11. The van der Waals surface area contributed by atoms with Gasteiger partial charge in [0.05, 0.1) is 6.61 Å². The van der Waals surface area contributed by atoms with Crippen LogP contribution in [0.3, 0.4) is 0 Å². The topological polar surface area (TPSA) is 102 Å². The van der Waals surface area contributed by atoms with Crippen LogP contribution in [-0.4, -0.2) is 41.3 Å². The monoisotopic (exact) mass is 260 g/mol. The summed E-state index contributed by atoms with van der Waals surface area (Å²) in [6.07, 6.45) is 0. The SMILES string of the molecule is CC(C)(CO)NCC(C(N)=O)C(=O)OC(C)(C)C. The molecular formula is C12H24N2O4. The van der Waals surface area contributed by atoms with Crippen LogP contribution in [-0.2, 0) is 14.3 Å². The Morgan fingerprint density at radius 2 is 1.78 bits per heavy atom. The lowest BCUT2D eigenvalue weighted by molar-refractivity contribution is -0.161. The van der Waals surface area contributed by atoms with Crippen molar-refractivity contribution in [3.63, 3.8) is 0 Å². The number of aliphatic hydroxyl groups excluding tert-OH is 1. The molecule has 0 bridgehead atoms. The largest absolute Gasteiger partial charge is 0.459 e. The van der Waals surface area contributed by atoms with E-state index in [-0.39, 0.29) is 13.2 Å². The molecule has 0 aromatic rings. The molecule has 0 spiro atoms. The van der Waals surface area contributed by atoms with E-state index in [1.807, 2.05) is 0 Å². The standard InChI is InChI=1S/C12H24N2O4/c1-11(2,3)18-10(17)8(9(13)16)6-14-12(4,5)7-15/h8,14-15H,6-7H2,1-5H3,(H2,13,16). The van der Waals surface area contributed by atoms with Crippen LogP contribution in [0.2, 0.25) is 0 Å². The van der Waals surface area contributed by atoms with E-state index in [1.165, 1.54) is 0 Å². The maximum Gasteiger partial charge on any atom is 0.320 e. The fraction of sp³-hybridized carbons (Fsp3) is 0.833. The number of nitrogens with one attached hydrogen (secondary N) is 1. The Morgan fingerprint density at radius 1 is 1.28 bits per heavy atom. The molecule has 0 aromatic heterocycles. The number of carbonyl (C=O) groups is 2. The van der Waals surface area contributed by atoms with E-state index in [0.717, 1.165) is 0 Å². The van der Waals surface area contributed by atoms with Crippen LogP contribution in [0, 0.1) is 5.92 Å². The quantitative estimate of drug-likeness (QED) is 0.453. The van der Waals surface area contributed by atoms with Crippen LogP contribution >= 0.6 is 0 Å². The molecule has 6 nitrogen and oxygen atoms in total. The number of amides is 1. The van der Waals surface area contributed by atoms with Gasteiger partial charge in [-0.2, -0.15) is 0 Å². The van der Waals surface area contributed by atoms with Crippen molar-refractivity contribution < 1.29 is 19.4 Å². The lowest BCUT2D eigenvalue weighted by Crippen LogP contribution is -2.49. The smallest absolute Gasteiger partial charge is 0.320 e. The van der Waals surface area contributed by atoms with E-state index in [9.17, 15) is 9.59 Å². The Morgan fingerprint density at radius 3 is 2.11 bits per heavy atom. The van der Waals surface area contributed by atoms with Crippen molar-refractivity contribution in [3.05, 3.63) is 0 Å². The predicted octanol–water partition coefficient (Wildman–Crippen LogP) is -0.210. The molecular weight excluding hydrogens is 236 g/mol. The minimum Gasteiger partial charge on any atom is -0.459 e. The van der Waals surface area contributed by atoms with Gasteiger partial charge in [0.2, 0.25) is 5.91 Å². The van der Waals surface area contributed by atoms with Gasteiger partial charge < -0.3 is 20.9 Å². The average Bonchev–Trinajstić information content (AvgIpc) is 2.14. The van der Waals surface area contributed by atoms with Crippen molar-refractivity contribution >= 4 is 11.9 Å². The van der Waals surface area contributed by atoms with Gasteiger partial charge in [-0.25, -0.2) is 0 Å². The van der Waals surface area contributed by atoms with Gasteiger partial charge in [0, 0.05) is 12.1 Å². The van der Waals surface area contributed by atoms with Gasteiger partial charge in [-0.3, -0.25) is 9.59 Å². The molecule has 0 fully saturated rings. The Kier molecular flexibility index (Phi) is 5.76. The van der Waals surface area contributed by atoms with Crippen molar-refractivity contribution in [2.24, 2.45) is 11.7 Å². The first-order chi connectivity index (χ1) is 7.98. The molecule has 4 N–H and O–H groups in total. The molecule has 0 saturated carbocycles. The summed E-state index contributed by atoms with van der Waals surface area (Å²) in [4.78, 5) is 23.0. The lowest BCUT2D eigenvalue weighted by atomic mass is 10.0. The minimum absolute atomic E-state index is 0.0395. The molecule has 0 aliphatic heterocycles. The molecule has 106 valence electrons. The van der Waals surface area contributed by atoms with E-state index in [4.69, 9.17) is 15.6 Å². The highest BCUT2D eigenvalue weighted by molar-refractivity contribution is 5.97. The number of hydrogen-bond donors (Lipinski definition) is 3. The van der Waals surface area contributed by atoms with Crippen LogP contribution in [0.25, 0.3) is 0 Å². The van der Waals surface area contributed by atoms with Crippen LogP contribution in [0.4, 0.5) is 0 Å². The number of esters is 1. The molecule has 0 radical (unpaired) electrons. The molecule has 0 aliphatic carbocycles. The maximum atomic E-state index is 11.8. The number of primary amides is 1. The molecule has 0 aliphatic rings. The van der Waals surface area contributed by atoms with Gasteiger partial charge in [0.25, 0.3) is 0 Å². The highest BCUT2D eigenvalue weighted by atomic mass is 16.6. The molecule has 0 saturated heterocycles. The van der Waals surface area contributed by atoms with E-state index >= 15 is 0 Å². The van der Waals surface area contributed by atoms with Gasteiger partial charge in [-0.05, 0) is 34.6 Å². The summed E-state index contributed by atoms with van der Waals surface area (Å²) in [6, 6.07) is 0. The highest BCUT2D eigenvalue weighted by Crippen LogP contribution is 2.12. The Labute approximate surface area is 108 Å². The Balaban J connectivity index is 4.59. The summed E-state index contributed by atoms with van der Waals surface area (Å²) in [7, 11) is 0. The normalized spacial score (nSPS) is 14.1. The minimum atomic E-state index is -1.06. The number of hydrogen-bond acceptors (Lipinski definition) is 5. The third-order valence-corrected chi connectivity index (χ3v) is 2.21. The summed E-state index contributed by atoms with van der Waals surface area (Å²) < 4.78 is 5.12. The zero-order chi connectivity index (χ0) is 14.6. The predicted molar refractivity (Wildman–Crippen MR) is 67.7 cm³/mol. The first-order valence-electron chi connectivity index (χ1n) is 5.86. The molecule has 0 heterocycles. The molecule has 18 heavy (non-hydrogen) atoms. The fourth-order valence-corrected chi connectivity index (χ4v) is 1.11. The zero-order valence-electron chi connectivity index (χ0n) is 11.7. The Hall–Kier alpha value is -1.14. The molecule has 1 unspecified atom stereocenters. The number of rotatable bonds is 6. The van der Waals surface area contributed by atoms with Crippen molar-refractivity contribution in [1.29, 1.82) is 0 Å². The summed E-state index contributed by atoms with van der Waals surface area (Å²) in [5.74, 6) is -2.46. The van der Waals surface area contributed by atoms with E-state index in [1.54, 1.807) is 34.6 Å². The number of ether oxygens (including phenoxy) is 1. The van der Waals surface area contributed by atoms with E-state index < -0.39 is 28.9 Å². The molecule has 0 rings (SSSR count). The maximum absolute atomic E-state index is 11.8. The number of nitrogens with two attached hydrogens (primary N) is 1. The van der Waals surface area contributed by atoms with Crippen LogP contribution in [0.1, 0.15) is 34.6 Å². The Bertz CT molecular complexity index is 308. The lowest BCUT2D eigenvalue weighted by Gasteiger charge is -2.27. The zero-order valence-corrected chi connectivity index (χ0v) is 11.7. The van der Waals surface area contributed by atoms with E-state index in [0.29, 0.717) is 0 Å². The first-order valence-corrected chi connectivity index (χ1v) is 5.86. The third-order valence-electron chi connectivity index (χ3n) is 2.21. The van der Waals surface area contributed by atoms with E-state index in [2.05, 4.69) is 5.32 Å². The first kappa shape index (κ1) is 16.9. The summed E-state index contributed by atoms with van der Waals surface area (Å²) in [6.45, 7) is 8.57.